The predicted octanol–water partition coefficient (Wildman–Crippen LogP) is 1.20. The molecule has 0 spiro atoms. The van der Waals surface area contributed by atoms with E-state index < -0.39 is 0 Å². The zero-order valence-corrected chi connectivity index (χ0v) is 10.3. The van der Waals surface area contributed by atoms with Crippen molar-refractivity contribution in [3.05, 3.63) is 12.4 Å². The summed E-state index contributed by atoms with van der Waals surface area (Å²) in [4.78, 5) is 0. The fraction of sp³-hybridized carbons (Fsp3) is 0.727. The summed E-state index contributed by atoms with van der Waals surface area (Å²) in [5.41, 5.74) is 0.966. The first kappa shape index (κ1) is 11.7. The smallest absolute Gasteiger partial charge is 0.401 e. The normalized spacial score (nSPS) is 26.0. The van der Waals surface area contributed by atoms with Gasteiger partial charge in [-0.3, -0.25) is 5.10 Å². The van der Waals surface area contributed by atoms with Crippen LogP contribution >= 0.6 is 0 Å². The van der Waals surface area contributed by atoms with E-state index in [9.17, 15) is 0 Å². The van der Waals surface area contributed by atoms with Gasteiger partial charge in [0.15, 0.2) is 0 Å². The van der Waals surface area contributed by atoms with E-state index in [4.69, 9.17) is 9.31 Å². The van der Waals surface area contributed by atoms with Crippen LogP contribution in [0.5, 0.6) is 0 Å². The van der Waals surface area contributed by atoms with Crippen LogP contribution in [0.15, 0.2) is 12.4 Å². The van der Waals surface area contributed by atoms with E-state index >= 15 is 0 Å². The number of nitrogens with one attached hydrogen (secondary N) is 1. The van der Waals surface area contributed by atoms with Crippen LogP contribution in [0.25, 0.3) is 0 Å². The summed E-state index contributed by atoms with van der Waals surface area (Å²) < 4.78 is 11.9. The van der Waals surface area contributed by atoms with Crippen molar-refractivity contribution in [1.82, 2.24) is 10.2 Å². The van der Waals surface area contributed by atoms with Gasteiger partial charge in [0.25, 0.3) is 0 Å². The molecule has 1 aromatic heterocycles. The Morgan fingerprint density at radius 2 is 1.75 bits per heavy atom. The molecule has 2 atom stereocenters. The summed E-state index contributed by atoms with van der Waals surface area (Å²) in [6.07, 6.45) is 3.91. The second-order valence-corrected chi connectivity index (χ2v) is 5.05. The molecule has 2 unspecified atom stereocenters. The molecular formula is C11H19BN2O2. The van der Waals surface area contributed by atoms with Crippen LogP contribution in [0.3, 0.4) is 0 Å². The van der Waals surface area contributed by atoms with Gasteiger partial charge in [0.1, 0.15) is 0 Å². The van der Waals surface area contributed by atoms with Gasteiger partial charge in [-0.2, -0.15) is 5.10 Å². The highest BCUT2D eigenvalue weighted by Crippen LogP contribution is 2.27. The highest BCUT2D eigenvalue weighted by Gasteiger charge is 2.43. The van der Waals surface area contributed by atoms with E-state index in [0.717, 1.165) is 5.46 Å². The molecule has 1 fully saturated rings. The first-order chi connectivity index (χ1) is 7.59. The van der Waals surface area contributed by atoms with Crippen LogP contribution in [0, 0.1) is 11.8 Å². The molecule has 1 aliphatic heterocycles. The van der Waals surface area contributed by atoms with Gasteiger partial charge < -0.3 is 9.31 Å². The molecule has 0 amide bonds. The van der Waals surface area contributed by atoms with Gasteiger partial charge in [0.05, 0.1) is 12.2 Å². The van der Waals surface area contributed by atoms with Crippen LogP contribution in [0.1, 0.15) is 27.7 Å². The summed E-state index contributed by atoms with van der Waals surface area (Å²) in [6, 6.07) is 0. The van der Waals surface area contributed by atoms with Crippen molar-refractivity contribution in [3.8, 4) is 0 Å². The number of hydrogen-bond donors (Lipinski definition) is 1. The molecule has 88 valence electrons. The first-order valence-electron chi connectivity index (χ1n) is 5.89. The van der Waals surface area contributed by atoms with Gasteiger partial charge in [-0.15, -0.1) is 0 Å². The van der Waals surface area contributed by atoms with Gasteiger partial charge in [-0.1, -0.05) is 27.7 Å². The Labute approximate surface area is 96.9 Å². The largest absolute Gasteiger partial charge is 0.497 e. The third-order valence-corrected chi connectivity index (χ3v) is 2.99. The third-order valence-electron chi connectivity index (χ3n) is 2.99. The minimum atomic E-state index is -0.265. The molecule has 1 saturated heterocycles. The Morgan fingerprint density at radius 3 is 2.12 bits per heavy atom. The fourth-order valence-electron chi connectivity index (χ4n) is 2.09. The SMILES string of the molecule is CC(C)C1OB(c2cn[nH]c2)OC1C(C)C. The van der Waals surface area contributed by atoms with Crippen LogP contribution in [0.2, 0.25) is 0 Å². The van der Waals surface area contributed by atoms with Gasteiger partial charge in [-0.25, -0.2) is 0 Å². The highest BCUT2D eigenvalue weighted by molar-refractivity contribution is 6.61. The molecule has 4 nitrogen and oxygen atoms in total. The van der Waals surface area contributed by atoms with Crippen LogP contribution in [-0.4, -0.2) is 29.5 Å². The number of H-pyrrole nitrogens is 1. The lowest BCUT2D eigenvalue weighted by Gasteiger charge is -2.24. The Hall–Kier alpha value is -0.805. The van der Waals surface area contributed by atoms with E-state index in [1.165, 1.54) is 0 Å². The lowest BCUT2D eigenvalue weighted by molar-refractivity contribution is 0.0815. The minimum absolute atomic E-state index is 0.167. The molecule has 2 heterocycles. The standard InChI is InChI=1S/C11H19BN2O2/c1-7(2)10-11(8(3)4)16-12(15-10)9-5-13-14-6-9/h5-8,10-11H,1-4H3,(H,13,14). The fourth-order valence-corrected chi connectivity index (χ4v) is 2.09. The van der Waals surface area contributed by atoms with Crippen molar-refractivity contribution >= 4 is 12.6 Å². The summed E-state index contributed by atoms with van der Waals surface area (Å²) in [7, 11) is -0.265. The van der Waals surface area contributed by atoms with Crippen molar-refractivity contribution < 1.29 is 9.31 Å². The quantitative estimate of drug-likeness (QED) is 0.781. The average molecular weight is 222 g/mol. The molecule has 0 saturated carbocycles. The van der Waals surface area contributed by atoms with Crippen LogP contribution < -0.4 is 5.46 Å². The van der Waals surface area contributed by atoms with Gasteiger partial charge in [-0.05, 0) is 11.8 Å². The summed E-state index contributed by atoms with van der Waals surface area (Å²) in [5, 5.41) is 6.71. The van der Waals surface area contributed by atoms with Crippen molar-refractivity contribution in [2.24, 2.45) is 11.8 Å². The van der Waals surface area contributed by atoms with Crippen molar-refractivity contribution in [1.29, 1.82) is 0 Å². The van der Waals surface area contributed by atoms with Crippen molar-refractivity contribution in [2.45, 2.75) is 39.9 Å². The third kappa shape index (κ3) is 2.15. The molecule has 0 aromatic carbocycles. The Bertz CT molecular complexity index is 311. The molecule has 1 aliphatic rings. The van der Waals surface area contributed by atoms with E-state index in [1.54, 1.807) is 6.20 Å². The van der Waals surface area contributed by atoms with E-state index in [1.807, 2.05) is 6.20 Å². The summed E-state index contributed by atoms with van der Waals surface area (Å²) in [5.74, 6) is 0.925. The Balaban J connectivity index is 2.12. The topological polar surface area (TPSA) is 47.1 Å². The number of aromatic amines is 1. The van der Waals surface area contributed by atoms with E-state index in [2.05, 4.69) is 37.9 Å². The second kappa shape index (κ2) is 4.59. The molecular weight excluding hydrogens is 203 g/mol. The maximum Gasteiger partial charge on any atom is 0.497 e. The van der Waals surface area contributed by atoms with Crippen LogP contribution in [0.4, 0.5) is 0 Å². The molecule has 0 aliphatic carbocycles. The lowest BCUT2D eigenvalue weighted by atomic mass is 9.82. The minimum Gasteiger partial charge on any atom is -0.401 e. The number of aromatic nitrogens is 2. The number of nitrogens with zero attached hydrogens (tertiary/aromatic N) is 1. The molecule has 16 heavy (non-hydrogen) atoms. The zero-order valence-electron chi connectivity index (χ0n) is 10.3. The zero-order chi connectivity index (χ0) is 11.7. The molecule has 0 radical (unpaired) electrons. The van der Waals surface area contributed by atoms with Gasteiger partial charge in [0.2, 0.25) is 0 Å². The maximum atomic E-state index is 5.96. The summed E-state index contributed by atoms with van der Waals surface area (Å²) >= 11 is 0. The molecule has 0 bridgehead atoms. The average Bonchev–Trinajstić information content (AvgIpc) is 2.86. The van der Waals surface area contributed by atoms with Crippen molar-refractivity contribution in [3.63, 3.8) is 0 Å². The van der Waals surface area contributed by atoms with Crippen molar-refractivity contribution in [2.75, 3.05) is 0 Å². The van der Waals surface area contributed by atoms with Gasteiger partial charge >= 0.3 is 7.12 Å². The summed E-state index contributed by atoms with van der Waals surface area (Å²) in [6.45, 7) is 8.67. The second-order valence-electron chi connectivity index (χ2n) is 5.05. The van der Waals surface area contributed by atoms with E-state index in [-0.39, 0.29) is 19.3 Å². The Morgan fingerprint density at radius 1 is 1.19 bits per heavy atom. The highest BCUT2D eigenvalue weighted by atomic mass is 16.7. The molecule has 1 N–H and O–H groups in total. The molecule has 1 aromatic rings. The Kier molecular flexibility index (Phi) is 3.35. The number of rotatable bonds is 3. The number of hydrogen-bond acceptors (Lipinski definition) is 3. The maximum absolute atomic E-state index is 5.96. The first-order valence-corrected chi connectivity index (χ1v) is 5.89. The predicted molar refractivity (Wildman–Crippen MR) is 63.4 cm³/mol. The lowest BCUT2D eigenvalue weighted by Crippen LogP contribution is -2.32. The van der Waals surface area contributed by atoms with E-state index in [0.29, 0.717) is 11.8 Å². The van der Waals surface area contributed by atoms with Gasteiger partial charge in [0, 0.05) is 17.9 Å². The van der Waals surface area contributed by atoms with Crippen LogP contribution in [-0.2, 0) is 9.31 Å². The monoisotopic (exact) mass is 222 g/mol. The molecule has 5 heteroatoms. The molecule has 2 rings (SSSR count).